The average molecular weight is 292 g/mol. The van der Waals surface area contributed by atoms with Gasteiger partial charge in [0.25, 0.3) is 0 Å². The highest BCUT2D eigenvalue weighted by molar-refractivity contribution is 7.15. The maximum atomic E-state index is 5.01. The topological polar surface area (TPSA) is 31.4 Å². The van der Waals surface area contributed by atoms with E-state index in [-0.39, 0.29) is 0 Å². The van der Waals surface area contributed by atoms with Gasteiger partial charge in [-0.2, -0.15) is 0 Å². The zero-order valence-corrected chi connectivity index (χ0v) is 13.1. The summed E-state index contributed by atoms with van der Waals surface area (Å²) in [5.41, 5.74) is 1.41. The molecule has 5 heteroatoms. The lowest BCUT2D eigenvalue weighted by Gasteiger charge is -2.32. The minimum Gasteiger partial charge on any atom is -0.346 e. The summed E-state index contributed by atoms with van der Waals surface area (Å²) in [6, 6.07) is 0.788. The molecule has 0 spiro atoms. The van der Waals surface area contributed by atoms with E-state index in [4.69, 9.17) is 4.98 Å². The molecule has 0 amide bonds. The summed E-state index contributed by atoms with van der Waals surface area (Å²) in [6.07, 6.45) is 5.43. The molecule has 4 nitrogen and oxygen atoms in total. The van der Waals surface area contributed by atoms with E-state index in [0.29, 0.717) is 0 Å². The van der Waals surface area contributed by atoms with Crippen LogP contribution in [-0.4, -0.2) is 49.2 Å². The zero-order valence-electron chi connectivity index (χ0n) is 12.3. The molecule has 3 aliphatic rings. The lowest BCUT2D eigenvalue weighted by Crippen LogP contribution is -2.44. The standard InChI is InChI=1S/C15H24N4S/c1-18-6-8-19(9-7-18)15-17-14(11-2-3-11)13(20-15)10-16-12-4-5-12/h11-12,16H,2-10H2,1H3. The molecule has 1 saturated heterocycles. The number of nitrogens with one attached hydrogen (secondary N) is 1. The SMILES string of the molecule is CN1CCN(c2nc(C3CC3)c(CNC3CC3)s2)CC1. The minimum atomic E-state index is 0.767. The monoisotopic (exact) mass is 292 g/mol. The van der Waals surface area contributed by atoms with E-state index in [9.17, 15) is 0 Å². The van der Waals surface area contributed by atoms with Gasteiger partial charge in [0.1, 0.15) is 0 Å². The summed E-state index contributed by atoms with van der Waals surface area (Å²) < 4.78 is 0. The van der Waals surface area contributed by atoms with Crippen LogP contribution in [0.15, 0.2) is 0 Å². The third-order valence-electron chi connectivity index (χ3n) is 4.58. The second-order valence-corrected chi connectivity index (χ2v) is 7.59. The van der Waals surface area contributed by atoms with Gasteiger partial charge in [0, 0.05) is 49.6 Å². The molecular formula is C15H24N4S. The number of rotatable bonds is 5. The van der Waals surface area contributed by atoms with Gasteiger partial charge in [-0.1, -0.05) is 0 Å². The molecule has 0 radical (unpaired) electrons. The Hall–Kier alpha value is -0.650. The summed E-state index contributed by atoms with van der Waals surface area (Å²) in [4.78, 5) is 11.4. The van der Waals surface area contributed by atoms with E-state index >= 15 is 0 Å². The number of thiazole rings is 1. The van der Waals surface area contributed by atoms with E-state index in [0.717, 1.165) is 44.7 Å². The molecule has 2 saturated carbocycles. The lowest BCUT2D eigenvalue weighted by molar-refractivity contribution is 0.312. The Balaban J connectivity index is 1.49. The van der Waals surface area contributed by atoms with Crippen LogP contribution in [0.1, 0.15) is 42.2 Å². The Morgan fingerprint density at radius 1 is 1.15 bits per heavy atom. The van der Waals surface area contributed by atoms with Gasteiger partial charge in [0.05, 0.1) is 5.69 Å². The lowest BCUT2D eigenvalue weighted by atomic mass is 10.2. The summed E-state index contributed by atoms with van der Waals surface area (Å²) in [6.45, 7) is 5.62. The number of hydrogen-bond donors (Lipinski definition) is 1. The maximum Gasteiger partial charge on any atom is 0.185 e. The van der Waals surface area contributed by atoms with E-state index in [1.807, 2.05) is 11.3 Å². The summed E-state index contributed by atoms with van der Waals surface area (Å²) in [7, 11) is 2.21. The molecular weight excluding hydrogens is 268 g/mol. The van der Waals surface area contributed by atoms with E-state index in [1.54, 1.807) is 0 Å². The van der Waals surface area contributed by atoms with Crippen LogP contribution in [-0.2, 0) is 6.54 Å². The number of piperazine rings is 1. The first kappa shape index (κ1) is 13.0. The van der Waals surface area contributed by atoms with Gasteiger partial charge in [-0.15, -0.1) is 11.3 Å². The molecule has 2 aliphatic carbocycles. The average Bonchev–Trinajstić information content (AvgIpc) is 3.37. The van der Waals surface area contributed by atoms with Crippen LogP contribution >= 0.6 is 11.3 Å². The first-order valence-corrected chi connectivity index (χ1v) is 8.78. The molecule has 20 heavy (non-hydrogen) atoms. The van der Waals surface area contributed by atoms with Gasteiger partial charge in [0.15, 0.2) is 5.13 Å². The van der Waals surface area contributed by atoms with Crippen molar-refractivity contribution in [3.8, 4) is 0 Å². The summed E-state index contributed by atoms with van der Waals surface area (Å²) >= 11 is 1.94. The van der Waals surface area contributed by atoms with Crippen LogP contribution in [0.4, 0.5) is 5.13 Å². The van der Waals surface area contributed by atoms with Gasteiger partial charge >= 0.3 is 0 Å². The number of hydrogen-bond acceptors (Lipinski definition) is 5. The van der Waals surface area contributed by atoms with Crippen LogP contribution in [0.3, 0.4) is 0 Å². The van der Waals surface area contributed by atoms with Crippen molar-refractivity contribution in [1.82, 2.24) is 15.2 Å². The molecule has 110 valence electrons. The molecule has 1 N–H and O–H groups in total. The van der Waals surface area contributed by atoms with Gasteiger partial charge in [0.2, 0.25) is 0 Å². The van der Waals surface area contributed by atoms with Crippen LogP contribution in [0.25, 0.3) is 0 Å². The van der Waals surface area contributed by atoms with Crippen molar-refractivity contribution < 1.29 is 0 Å². The van der Waals surface area contributed by atoms with Crippen molar-refractivity contribution in [2.24, 2.45) is 0 Å². The fourth-order valence-corrected chi connectivity index (χ4v) is 3.96. The zero-order chi connectivity index (χ0) is 13.5. The van der Waals surface area contributed by atoms with Crippen molar-refractivity contribution in [1.29, 1.82) is 0 Å². The molecule has 1 aromatic heterocycles. The van der Waals surface area contributed by atoms with E-state index < -0.39 is 0 Å². The number of anilines is 1. The highest BCUT2D eigenvalue weighted by atomic mass is 32.1. The fourth-order valence-electron chi connectivity index (χ4n) is 2.81. The van der Waals surface area contributed by atoms with Gasteiger partial charge in [-0.25, -0.2) is 4.98 Å². The van der Waals surface area contributed by atoms with Crippen molar-refractivity contribution in [3.63, 3.8) is 0 Å². The molecule has 1 aromatic rings. The van der Waals surface area contributed by atoms with E-state index in [2.05, 4.69) is 22.2 Å². The second-order valence-electron chi connectivity index (χ2n) is 6.52. The Labute approximate surface area is 125 Å². The van der Waals surface area contributed by atoms with Gasteiger partial charge < -0.3 is 15.1 Å². The van der Waals surface area contributed by atoms with Crippen molar-refractivity contribution >= 4 is 16.5 Å². The molecule has 1 aliphatic heterocycles. The largest absolute Gasteiger partial charge is 0.346 e. The molecule has 4 rings (SSSR count). The Kier molecular flexibility index (Phi) is 3.44. The molecule has 0 bridgehead atoms. The van der Waals surface area contributed by atoms with Crippen molar-refractivity contribution in [2.75, 3.05) is 38.1 Å². The Bertz CT molecular complexity index is 470. The quantitative estimate of drug-likeness (QED) is 0.900. The molecule has 0 unspecified atom stereocenters. The van der Waals surface area contributed by atoms with Gasteiger partial charge in [-0.05, 0) is 32.7 Å². The molecule has 0 atom stereocenters. The Morgan fingerprint density at radius 2 is 1.90 bits per heavy atom. The minimum absolute atomic E-state index is 0.767. The fraction of sp³-hybridized carbons (Fsp3) is 0.800. The predicted octanol–water partition coefficient (Wildman–Crippen LogP) is 2.02. The normalized spacial score (nSPS) is 24.4. The summed E-state index contributed by atoms with van der Waals surface area (Å²) in [5, 5.41) is 4.93. The van der Waals surface area contributed by atoms with E-state index in [1.165, 1.54) is 41.4 Å². The van der Waals surface area contributed by atoms with Crippen LogP contribution in [0, 0.1) is 0 Å². The molecule has 3 fully saturated rings. The first-order valence-electron chi connectivity index (χ1n) is 7.96. The maximum absolute atomic E-state index is 5.01. The number of likely N-dealkylation sites (N-methyl/N-ethyl adjacent to an activating group) is 1. The number of aromatic nitrogens is 1. The molecule has 0 aromatic carbocycles. The van der Waals surface area contributed by atoms with Crippen molar-refractivity contribution in [3.05, 3.63) is 10.6 Å². The Morgan fingerprint density at radius 3 is 2.55 bits per heavy atom. The van der Waals surface area contributed by atoms with Crippen LogP contribution < -0.4 is 10.2 Å². The highest BCUT2D eigenvalue weighted by Gasteiger charge is 2.31. The van der Waals surface area contributed by atoms with Crippen LogP contribution in [0.5, 0.6) is 0 Å². The highest BCUT2D eigenvalue weighted by Crippen LogP contribution is 2.44. The van der Waals surface area contributed by atoms with Crippen LogP contribution in [0.2, 0.25) is 0 Å². The molecule has 2 heterocycles. The second kappa shape index (κ2) is 5.28. The first-order chi connectivity index (χ1) is 9.79. The third-order valence-corrected chi connectivity index (χ3v) is 5.71. The summed E-state index contributed by atoms with van der Waals surface area (Å²) in [5.74, 6) is 0.767. The third kappa shape index (κ3) is 2.85. The predicted molar refractivity (Wildman–Crippen MR) is 83.7 cm³/mol. The van der Waals surface area contributed by atoms with Gasteiger partial charge in [-0.3, -0.25) is 0 Å². The van der Waals surface area contributed by atoms with Crippen molar-refractivity contribution in [2.45, 2.75) is 44.2 Å². The number of nitrogens with zero attached hydrogens (tertiary/aromatic N) is 3. The smallest absolute Gasteiger partial charge is 0.185 e.